The minimum atomic E-state index is -0.551. The molecular weight excluding hydrogens is 248 g/mol. The average molecular weight is 262 g/mol. The second-order valence-electron chi connectivity index (χ2n) is 3.89. The maximum Gasteiger partial charge on any atom is 0.250 e. The standard InChI is InChI=1S/C12H14N4OS/c1-7-2-3-8(18-7)5-15-11-4-9(12(14)17)10(13)6-16-11/h2-4,6H,5,13H2,1H3,(H2,14,17)(H,15,16). The molecule has 5 N–H and O–H groups in total. The van der Waals surface area contributed by atoms with Gasteiger partial charge in [0.25, 0.3) is 5.91 Å². The predicted octanol–water partition coefficient (Wildman–Crippen LogP) is 1.74. The van der Waals surface area contributed by atoms with E-state index in [1.807, 2.05) is 0 Å². The van der Waals surface area contributed by atoms with Gasteiger partial charge >= 0.3 is 0 Å². The number of nitrogens with two attached hydrogens (primary N) is 2. The fraction of sp³-hybridized carbons (Fsp3) is 0.167. The van der Waals surface area contributed by atoms with Gasteiger partial charge < -0.3 is 16.8 Å². The number of hydrogen-bond donors (Lipinski definition) is 3. The molecule has 0 radical (unpaired) electrons. The van der Waals surface area contributed by atoms with Gasteiger partial charge in [0.15, 0.2) is 0 Å². The third-order valence-corrected chi connectivity index (χ3v) is 3.44. The lowest BCUT2D eigenvalue weighted by atomic mass is 10.2. The Hall–Kier alpha value is -2.08. The average Bonchev–Trinajstić information content (AvgIpc) is 2.74. The van der Waals surface area contributed by atoms with Gasteiger partial charge in [0, 0.05) is 9.75 Å². The summed E-state index contributed by atoms with van der Waals surface area (Å²) in [7, 11) is 0. The number of aromatic nitrogens is 1. The molecule has 2 aromatic rings. The van der Waals surface area contributed by atoms with E-state index in [-0.39, 0.29) is 5.56 Å². The third-order valence-electron chi connectivity index (χ3n) is 2.44. The quantitative estimate of drug-likeness (QED) is 0.782. The summed E-state index contributed by atoms with van der Waals surface area (Å²) in [6, 6.07) is 5.68. The van der Waals surface area contributed by atoms with Crippen molar-refractivity contribution < 1.29 is 4.79 Å². The van der Waals surface area contributed by atoms with Crippen molar-refractivity contribution >= 4 is 28.7 Å². The van der Waals surface area contributed by atoms with Crippen molar-refractivity contribution in [1.82, 2.24) is 4.98 Å². The molecule has 94 valence electrons. The summed E-state index contributed by atoms with van der Waals surface area (Å²) in [4.78, 5) is 17.7. The van der Waals surface area contributed by atoms with Crippen molar-refractivity contribution in [3.63, 3.8) is 0 Å². The highest BCUT2D eigenvalue weighted by Gasteiger charge is 2.07. The fourth-order valence-electron chi connectivity index (χ4n) is 1.53. The number of hydrogen-bond acceptors (Lipinski definition) is 5. The van der Waals surface area contributed by atoms with Gasteiger partial charge in [-0.15, -0.1) is 11.3 Å². The largest absolute Gasteiger partial charge is 0.397 e. The Morgan fingerprint density at radius 2 is 2.28 bits per heavy atom. The highest BCUT2D eigenvalue weighted by molar-refractivity contribution is 7.11. The number of nitrogen functional groups attached to an aromatic ring is 1. The molecule has 0 aliphatic heterocycles. The van der Waals surface area contributed by atoms with Gasteiger partial charge in [-0.05, 0) is 25.1 Å². The van der Waals surface area contributed by atoms with E-state index >= 15 is 0 Å². The number of nitrogens with zero attached hydrogens (tertiary/aromatic N) is 1. The Balaban J connectivity index is 2.10. The molecule has 0 bridgehead atoms. The Bertz CT molecular complexity index is 579. The van der Waals surface area contributed by atoms with E-state index < -0.39 is 5.91 Å². The van der Waals surface area contributed by atoms with Crippen LogP contribution in [0.3, 0.4) is 0 Å². The zero-order valence-electron chi connectivity index (χ0n) is 9.93. The maximum atomic E-state index is 11.1. The number of anilines is 2. The second kappa shape index (κ2) is 5.05. The van der Waals surface area contributed by atoms with Gasteiger partial charge in [-0.1, -0.05) is 0 Å². The van der Waals surface area contributed by atoms with E-state index in [0.29, 0.717) is 18.1 Å². The number of aryl methyl sites for hydroxylation is 1. The molecule has 2 rings (SSSR count). The van der Waals surface area contributed by atoms with E-state index in [1.165, 1.54) is 16.0 Å². The molecule has 18 heavy (non-hydrogen) atoms. The molecular formula is C12H14N4OS. The number of rotatable bonds is 4. The molecule has 0 aliphatic rings. The number of nitrogens with one attached hydrogen (secondary N) is 1. The van der Waals surface area contributed by atoms with Crippen LogP contribution in [0.15, 0.2) is 24.4 Å². The molecule has 0 saturated heterocycles. The molecule has 0 saturated carbocycles. The van der Waals surface area contributed by atoms with Crippen molar-refractivity contribution in [2.75, 3.05) is 11.1 Å². The van der Waals surface area contributed by atoms with Crippen molar-refractivity contribution in [2.45, 2.75) is 13.5 Å². The van der Waals surface area contributed by atoms with Crippen LogP contribution in [0.5, 0.6) is 0 Å². The first-order chi connectivity index (χ1) is 8.56. The van der Waals surface area contributed by atoms with Crippen LogP contribution in [0.4, 0.5) is 11.5 Å². The molecule has 0 aliphatic carbocycles. The van der Waals surface area contributed by atoms with Gasteiger partial charge in [0.05, 0.1) is 24.0 Å². The SMILES string of the molecule is Cc1ccc(CNc2cc(C(N)=O)c(N)cn2)s1. The molecule has 0 fully saturated rings. The van der Waals surface area contributed by atoms with Crippen molar-refractivity contribution in [1.29, 1.82) is 0 Å². The summed E-state index contributed by atoms with van der Waals surface area (Å²) in [6.07, 6.45) is 1.43. The highest BCUT2D eigenvalue weighted by atomic mass is 32.1. The zero-order valence-corrected chi connectivity index (χ0v) is 10.8. The number of amides is 1. The van der Waals surface area contributed by atoms with Crippen LogP contribution in [0.2, 0.25) is 0 Å². The van der Waals surface area contributed by atoms with Gasteiger partial charge in [-0.3, -0.25) is 4.79 Å². The molecule has 0 unspecified atom stereocenters. The summed E-state index contributed by atoms with van der Waals surface area (Å²) < 4.78 is 0. The first kappa shape index (κ1) is 12.4. The molecule has 6 heteroatoms. The number of carbonyl (C=O) groups excluding carboxylic acids is 1. The first-order valence-electron chi connectivity index (χ1n) is 5.41. The van der Waals surface area contributed by atoms with E-state index in [0.717, 1.165) is 0 Å². The topological polar surface area (TPSA) is 94.0 Å². The van der Waals surface area contributed by atoms with Crippen LogP contribution in [0.25, 0.3) is 0 Å². The molecule has 0 atom stereocenters. The lowest BCUT2D eigenvalue weighted by Gasteiger charge is -2.06. The Kier molecular flexibility index (Phi) is 3.47. The molecule has 0 aromatic carbocycles. The van der Waals surface area contributed by atoms with Gasteiger partial charge in [-0.2, -0.15) is 0 Å². The second-order valence-corrected chi connectivity index (χ2v) is 5.26. The van der Waals surface area contributed by atoms with Gasteiger partial charge in [-0.25, -0.2) is 4.98 Å². The molecule has 2 heterocycles. The third kappa shape index (κ3) is 2.78. The van der Waals surface area contributed by atoms with E-state index in [1.54, 1.807) is 17.4 Å². The number of primary amides is 1. The molecule has 0 spiro atoms. The molecule has 5 nitrogen and oxygen atoms in total. The number of thiophene rings is 1. The minimum absolute atomic E-state index is 0.287. The number of carbonyl (C=O) groups is 1. The normalized spacial score (nSPS) is 10.3. The van der Waals surface area contributed by atoms with Crippen LogP contribution in [-0.4, -0.2) is 10.9 Å². The molecule has 2 aromatic heterocycles. The van der Waals surface area contributed by atoms with E-state index in [2.05, 4.69) is 29.4 Å². The number of pyridine rings is 1. The highest BCUT2D eigenvalue weighted by Crippen LogP contribution is 2.18. The monoisotopic (exact) mass is 262 g/mol. The van der Waals surface area contributed by atoms with Crippen LogP contribution in [0.1, 0.15) is 20.1 Å². The smallest absolute Gasteiger partial charge is 0.250 e. The summed E-state index contributed by atoms with van der Waals surface area (Å²) in [5.74, 6) is 0.0361. The maximum absolute atomic E-state index is 11.1. The molecule has 1 amide bonds. The Morgan fingerprint density at radius 1 is 1.50 bits per heavy atom. The lowest BCUT2D eigenvalue weighted by molar-refractivity contribution is 0.100. The lowest BCUT2D eigenvalue weighted by Crippen LogP contribution is -2.14. The van der Waals surface area contributed by atoms with Crippen molar-refractivity contribution in [2.24, 2.45) is 5.73 Å². The fourth-order valence-corrected chi connectivity index (χ4v) is 2.36. The van der Waals surface area contributed by atoms with Crippen LogP contribution >= 0.6 is 11.3 Å². The van der Waals surface area contributed by atoms with Gasteiger partial charge in [0.1, 0.15) is 5.82 Å². The van der Waals surface area contributed by atoms with Crippen LogP contribution < -0.4 is 16.8 Å². The Labute approximate surface area is 109 Å². The van der Waals surface area contributed by atoms with Crippen molar-refractivity contribution in [3.05, 3.63) is 39.7 Å². The first-order valence-corrected chi connectivity index (χ1v) is 6.22. The van der Waals surface area contributed by atoms with Crippen LogP contribution in [0, 0.1) is 6.92 Å². The van der Waals surface area contributed by atoms with E-state index in [4.69, 9.17) is 11.5 Å². The summed E-state index contributed by atoms with van der Waals surface area (Å²) in [5, 5.41) is 3.13. The van der Waals surface area contributed by atoms with Crippen LogP contribution in [-0.2, 0) is 6.54 Å². The minimum Gasteiger partial charge on any atom is -0.397 e. The summed E-state index contributed by atoms with van der Waals surface area (Å²) in [6.45, 7) is 2.72. The van der Waals surface area contributed by atoms with E-state index in [9.17, 15) is 4.79 Å². The van der Waals surface area contributed by atoms with Gasteiger partial charge in [0.2, 0.25) is 0 Å². The predicted molar refractivity (Wildman–Crippen MR) is 73.5 cm³/mol. The summed E-state index contributed by atoms with van der Waals surface area (Å²) in [5.41, 5.74) is 11.4. The van der Waals surface area contributed by atoms with Crippen molar-refractivity contribution in [3.8, 4) is 0 Å². The Morgan fingerprint density at radius 3 is 2.89 bits per heavy atom. The zero-order chi connectivity index (χ0) is 13.1. The summed E-state index contributed by atoms with van der Waals surface area (Å²) >= 11 is 1.71.